The number of para-hydroxylation sites is 1. The van der Waals surface area contributed by atoms with Crippen molar-refractivity contribution < 1.29 is 4.79 Å². The molecule has 0 atom stereocenters. The van der Waals surface area contributed by atoms with Crippen molar-refractivity contribution in [1.29, 1.82) is 0 Å². The summed E-state index contributed by atoms with van der Waals surface area (Å²) in [5.41, 5.74) is 1.73. The van der Waals surface area contributed by atoms with E-state index in [1.807, 2.05) is 25.1 Å². The number of halogens is 1. The number of fused-ring (bicyclic) bond motifs is 1. The van der Waals surface area contributed by atoms with Crippen LogP contribution in [0.15, 0.2) is 18.2 Å². The Morgan fingerprint density at radius 2 is 2.36 bits per heavy atom. The van der Waals surface area contributed by atoms with Gasteiger partial charge in [-0.2, -0.15) is 0 Å². The predicted octanol–water partition coefficient (Wildman–Crippen LogP) is 2.12. The summed E-state index contributed by atoms with van der Waals surface area (Å²) in [6.45, 7) is 2.95. The number of anilines is 2. The minimum Gasteiger partial charge on any atom is -0.373 e. The maximum Gasteiger partial charge on any atom is 0.246 e. The van der Waals surface area contributed by atoms with Gasteiger partial charge >= 0.3 is 0 Å². The van der Waals surface area contributed by atoms with Crippen molar-refractivity contribution in [2.45, 2.75) is 6.92 Å². The zero-order valence-corrected chi connectivity index (χ0v) is 8.64. The molecular formula is C10H11ClN2O. The molecule has 1 aromatic carbocycles. The average Bonchev–Trinajstić information content (AvgIpc) is 2.18. The van der Waals surface area contributed by atoms with Gasteiger partial charge < -0.3 is 10.2 Å². The first-order valence-electron chi connectivity index (χ1n) is 4.56. The lowest BCUT2D eigenvalue weighted by Crippen LogP contribution is -2.39. The number of rotatable bonds is 1. The van der Waals surface area contributed by atoms with Gasteiger partial charge in [-0.3, -0.25) is 4.79 Å². The lowest BCUT2D eigenvalue weighted by atomic mass is 10.2. The topological polar surface area (TPSA) is 32.3 Å². The number of likely N-dealkylation sites (N-methyl/N-ethyl adjacent to an activating group) is 1. The van der Waals surface area contributed by atoms with Crippen LogP contribution in [0.4, 0.5) is 11.4 Å². The van der Waals surface area contributed by atoms with E-state index in [1.165, 1.54) is 0 Å². The number of nitrogens with one attached hydrogen (secondary N) is 1. The molecule has 0 bridgehead atoms. The van der Waals surface area contributed by atoms with Gasteiger partial charge in [0.15, 0.2) is 0 Å². The highest BCUT2D eigenvalue weighted by atomic mass is 35.5. The fourth-order valence-electron chi connectivity index (χ4n) is 1.65. The van der Waals surface area contributed by atoms with E-state index in [9.17, 15) is 4.79 Å². The molecular weight excluding hydrogens is 200 g/mol. The first-order chi connectivity index (χ1) is 6.74. The molecule has 0 aliphatic carbocycles. The highest BCUT2D eigenvalue weighted by molar-refractivity contribution is 6.34. The molecule has 1 N–H and O–H groups in total. The van der Waals surface area contributed by atoms with Gasteiger partial charge in [0.1, 0.15) is 0 Å². The summed E-state index contributed by atoms with van der Waals surface area (Å²) in [6.07, 6.45) is 0. The molecule has 0 saturated heterocycles. The third-order valence-electron chi connectivity index (χ3n) is 2.32. The summed E-state index contributed by atoms with van der Waals surface area (Å²) in [7, 11) is 0. The third-order valence-corrected chi connectivity index (χ3v) is 2.63. The minimum absolute atomic E-state index is 0.0854. The first kappa shape index (κ1) is 9.34. The van der Waals surface area contributed by atoms with E-state index in [-0.39, 0.29) is 5.91 Å². The van der Waals surface area contributed by atoms with E-state index in [1.54, 1.807) is 4.90 Å². The van der Waals surface area contributed by atoms with Gasteiger partial charge in [0, 0.05) is 6.54 Å². The fourth-order valence-corrected chi connectivity index (χ4v) is 1.89. The molecule has 2 rings (SSSR count). The summed E-state index contributed by atoms with van der Waals surface area (Å²) in [6, 6.07) is 5.57. The molecule has 1 heterocycles. The van der Waals surface area contributed by atoms with E-state index >= 15 is 0 Å². The van der Waals surface area contributed by atoms with E-state index in [0.29, 0.717) is 18.1 Å². The molecule has 4 heteroatoms. The summed E-state index contributed by atoms with van der Waals surface area (Å²) in [5.74, 6) is 0.0854. The SMILES string of the molecule is CCN1C(=O)CNc2c(Cl)cccc21. The Labute approximate surface area is 87.7 Å². The van der Waals surface area contributed by atoms with Gasteiger partial charge in [0.2, 0.25) is 5.91 Å². The van der Waals surface area contributed by atoms with Crippen LogP contribution in [0.25, 0.3) is 0 Å². The van der Waals surface area contributed by atoms with Gasteiger partial charge in [0.05, 0.1) is 22.9 Å². The summed E-state index contributed by atoms with van der Waals surface area (Å²) in [5, 5.41) is 3.68. The molecule has 0 spiro atoms. The highest BCUT2D eigenvalue weighted by Crippen LogP contribution is 2.35. The summed E-state index contributed by atoms with van der Waals surface area (Å²) in [4.78, 5) is 13.3. The Morgan fingerprint density at radius 3 is 3.07 bits per heavy atom. The Hall–Kier alpha value is -1.22. The van der Waals surface area contributed by atoms with Crippen LogP contribution in [-0.2, 0) is 4.79 Å². The normalized spacial score (nSPS) is 15.0. The van der Waals surface area contributed by atoms with Crippen LogP contribution in [0.2, 0.25) is 5.02 Å². The molecule has 14 heavy (non-hydrogen) atoms. The van der Waals surface area contributed by atoms with E-state index in [4.69, 9.17) is 11.6 Å². The van der Waals surface area contributed by atoms with Crippen molar-refractivity contribution in [2.24, 2.45) is 0 Å². The van der Waals surface area contributed by atoms with Crippen LogP contribution >= 0.6 is 11.6 Å². The van der Waals surface area contributed by atoms with E-state index in [0.717, 1.165) is 11.4 Å². The predicted molar refractivity (Wildman–Crippen MR) is 58.0 cm³/mol. The molecule has 1 aromatic rings. The molecule has 3 nitrogen and oxygen atoms in total. The van der Waals surface area contributed by atoms with Crippen LogP contribution < -0.4 is 10.2 Å². The van der Waals surface area contributed by atoms with Crippen LogP contribution in [0.3, 0.4) is 0 Å². The van der Waals surface area contributed by atoms with Crippen LogP contribution in [0.1, 0.15) is 6.92 Å². The third kappa shape index (κ3) is 1.34. The first-order valence-corrected chi connectivity index (χ1v) is 4.94. The zero-order chi connectivity index (χ0) is 10.1. The monoisotopic (exact) mass is 210 g/mol. The van der Waals surface area contributed by atoms with Crippen molar-refractivity contribution in [3.05, 3.63) is 23.2 Å². The van der Waals surface area contributed by atoms with Crippen molar-refractivity contribution in [2.75, 3.05) is 23.3 Å². The number of nitrogens with zero attached hydrogens (tertiary/aromatic N) is 1. The van der Waals surface area contributed by atoms with Crippen molar-refractivity contribution >= 4 is 28.9 Å². The average molecular weight is 211 g/mol. The lowest BCUT2D eigenvalue weighted by Gasteiger charge is -2.29. The van der Waals surface area contributed by atoms with Crippen molar-refractivity contribution in [3.8, 4) is 0 Å². The van der Waals surface area contributed by atoms with Gasteiger partial charge in [-0.15, -0.1) is 0 Å². The van der Waals surface area contributed by atoms with Crippen LogP contribution in [0.5, 0.6) is 0 Å². The molecule has 0 unspecified atom stereocenters. The molecule has 1 amide bonds. The number of amides is 1. The lowest BCUT2D eigenvalue weighted by molar-refractivity contribution is -0.117. The largest absolute Gasteiger partial charge is 0.373 e. The maximum atomic E-state index is 11.5. The number of benzene rings is 1. The smallest absolute Gasteiger partial charge is 0.246 e. The highest BCUT2D eigenvalue weighted by Gasteiger charge is 2.23. The molecule has 0 saturated carbocycles. The van der Waals surface area contributed by atoms with Crippen LogP contribution in [0, 0.1) is 0 Å². The second kappa shape index (κ2) is 3.50. The number of carbonyl (C=O) groups is 1. The molecule has 1 aliphatic heterocycles. The van der Waals surface area contributed by atoms with Gasteiger partial charge in [0.25, 0.3) is 0 Å². The van der Waals surface area contributed by atoms with E-state index < -0.39 is 0 Å². The molecule has 0 fully saturated rings. The van der Waals surface area contributed by atoms with Crippen molar-refractivity contribution in [1.82, 2.24) is 0 Å². The molecule has 0 aromatic heterocycles. The van der Waals surface area contributed by atoms with Crippen molar-refractivity contribution in [3.63, 3.8) is 0 Å². The quantitative estimate of drug-likeness (QED) is 0.770. The second-order valence-corrected chi connectivity index (χ2v) is 3.53. The fraction of sp³-hybridized carbons (Fsp3) is 0.300. The number of carbonyl (C=O) groups excluding carboxylic acids is 1. The van der Waals surface area contributed by atoms with Gasteiger partial charge in [-0.25, -0.2) is 0 Å². The van der Waals surface area contributed by atoms with Gasteiger partial charge in [-0.05, 0) is 19.1 Å². The zero-order valence-electron chi connectivity index (χ0n) is 7.88. The number of hydrogen-bond acceptors (Lipinski definition) is 2. The van der Waals surface area contributed by atoms with Crippen LogP contribution in [-0.4, -0.2) is 19.0 Å². The number of hydrogen-bond donors (Lipinski definition) is 1. The molecule has 0 radical (unpaired) electrons. The Bertz CT molecular complexity index is 378. The minimum atomic E-state index is 0.0854. The maximum absolute atomic E-state index is 11.5. The molecule has 74 valence electrons. The standard InChI is InChI=1S/C10H11ClN2O/c1-2-13-8-5-3-4-7(11)10(8)12-6-9(13)14/h3-5,12H,2,6H2,1H3. The van der Waals surface area contributed by atoms with E-state index in [2.05, 4.69) is 5.32 Å². The van der Waals surface area contributed by atoms with Gasteiger partial charge in [-0.1, -0.05) is 17.7 Å². The summed E-state index contributed by atoms with van der Waals surface area (Å²) >= 11 is 6.01. The second-order valence-electron chi connectivity index (χ2n) is 3.13. The Kier molecular flexibility index (Phi) is 2.33. The molecule has 1 aliphatic rings. The summed E-state index contributed by atoms with van der Waals surface area (Å²) < 4.78 is 0. The Balaban J connectivity index is 2.52. The Morgan fingerprint density at radius 1 is 1.57 bits per heavy atom.